The molecule has 2 fully saturated rings. The second kappa shape index (κ2) is 6.39. The molecule has 2 rings (SSSR count). The van der Waals surface area contributed by atoms with Gasteiger partial charge in [-0.05, 0) is 44.1 Å². The van der Waals surface area contributed by atoms with Crippen LogP contribution in [0.15, 0.2) is 0 Å². The standard InChI is InChI=1S/C14H26N2O/c1-11-6-7-12(9-11)10-16-14(17)13-5-3-2-4-8-15-13/h11-13,15H,2-10H2,1H3,(H,16,17). The summed E-state index contributed by atoms with van der Waals surface area (Å²) in [5, 5.41) is 6.49. The Morgan fingerprint density at radius 3 is 2.88 bits per heavy atom. The molecule has 1 amide bonds. The Hall–Kier alpha value is -0.570. The third-order valence-electron chi connectivity index (χ3n) is 4.25. The van der Waals surface area contributed by atoms with Crippen LogP contribution in [-0.2, 0) is 4.79 Å². The van der Waals surface area contributed by atoms with Gasteiger partial charge in [0.1, 0.15) is 0 Å². The molecule has 17 heavy (non-hydrogen) atoms. The molecule has 1 aliphatic heterocycles. The predicted octanol–water partition coefficient (Wildman–Crippen LogP) is 2.07. The zero-order valence-electron chi connectivity index (χ0n) is 11.0. The van der Waals surface area contributed by atoms with Gasteiger partial charge in [0.15, 0.2) is 0 Å². The molecule has 1 saturated carbocycles. The Labute approximate surface area is 105 Å². The molecule has 0 aromatic rings. The first-order valence-corrected chi connectivity index (χ1v) is 7.27. The maximum atomic E-state index is 12.0. The van der Waals surface area contributed by atoms with Gasteiger partial charge >= 0.3 is 0 Å². The molecule has 2 aliphatic rings. The number of carbonyl (C=O) groups excluding carboxylic acids is 1. The highest BCUT2D eigenvalue weighted by atomic mass is 16.2. The number of rotatable bonds is 3. The van der Waals surface area contributed by atoms with E-state index >= 15 is 0 Å². The Kier molecular flexibility index (Phi) is 4.84. The summed E-state index contributed by atoms with van der Waals surface area (Å²) in [6, 6.07) is 0.0660. The molecule has 2 N–H and O–H groups in total. The lowest BCUT2D eigenvalue weighted by Crippen LogP contribution is -2.44. The van der Waals surface area contributed by atoms with E-state index < -0.39 is 0 Å². The summed E-state index contributed by atoms with van der Waals surface area (Å²) in [4.78, 5) is 12.0. The van der Waals surface area contributed by atoms with E-state index in [1.54, 1.807) is 0 Å². The van der Waals surface area contributed by atoms with Crippen molar-refractivity contribution in [3.05, 3.63) is 0 Å². The van der Waals surface area contributed by atoms with Crippen LogP contribution in [0, 0.1) is 11.8 Å². The highest BCUT2D eigenvalue weighted by Gasteiger charge is 2.24. The average Bonchev–Trinajstić information content (AvgIpc) is 2.58. The molecule has 98 valence electrons. The van der Waals surface area contributed by atoms with Crippen LogP contribution in [0.5, 0.6) is 0 Å². The zero-order chi connectivity index (χ0) is 12.1. The third-order valence-corrected chi connectivity index (χ3v) is 4.25. The van der Waals surface area contributed by atoms with Crippen molar-refractivity contribution in [3.8, 4) is 0 Å². The van der Waals surface area contributed by atoms with Crippen molar-refractivity contribution >= 4 is 5.91 Å². The van der Waals surface area contributed by atoms with Crippen LogP contribution in [0.25, 0.3) is 0 Å². The first-order chi connectivity index (χ1) is 8.25. The summed E-state index contributed by atoms with van der Waals surface area (Å²) in [6.45, 7) is 4.20. The van der Waals surface area contributed by atoms with Crippen molar-refractivity contribution < 1.29 is 4.79 Å². The average molecular weight is 238 g/mol. The summed E-state index contributed by atoms with van der Waals surface area (Å²) in [5.74, 6) is 1.80. The monoisotopic (exact) mass is 238 g/mol. The summed E-state index contributed by atoms with van der Waals surface area (Å²) in [5.41, 5.74) is 0. The van der Waals surface area contributed by atoms with E-state index in [4.69, 9.17) is 0 Å². The molecule has 3 atom stereocenters. The Morgan fingerprint density at radius 1 is 1.24 bits per heavy atom. The van der Waals surface area contributed by atoms with E-state index in [9.17, 15) is 4.79 Å². The molecule has 3 heteroatoms. The smallest absolute Gasteiger partial charge is 0.237 e. The Balaban J connectivity index is 1.69. The molecule has 1 heterocycles. The van der Waals surface area contributed by atoms with Gasteiger partial charge in [-0.3, -0.25) is 4.79 Å². The maximum Gasteiger partial charge on any atom is 0.237 e. The van der Waals surface area contributed by atoms with Gasteiger partial charge in [-0.1, -0.05) is 26.2 Å². The molecule has 0 aromatic carbocycles. The minimum Gasteiger partial charge on any atom is -0.354 e. The van der Waals surface area contributed by atoms with E-state index in [1.807, 2.05) is 0 Å². The Bertz CT molecular complexity index is 247. The first kappa shape index (κ1) is 12.9. The molecule has 3 unspecified atom stereocenters. The van der Waals surface area contributed by atoms with E-state index in [1.165, 1.54) is 38.5 Å². The van der Waals surface area contributed by atoms with Crippen molar-refractivity contribution in [1.29, 1.82) is 0 Å². The minimum atomic E-state index is 0.0660. The van der Waals surface area contributed by atoms with E-state index in [-0.39, 0.29) is 11.9 Å². The summed E-state index contributed by atoms with van der Waals surface area (Å²) < 4.78 is 0. The quantitative estimate of drug-likeness (QED) is 0.790. The lowest BCUT2D eigenvalue weighted by Gasteiger charge is -2.17. The number of amides is 1. The fourth-order valence-corrected chi connectivity index (χ4v) is 3.13. The van der Waals surface area contributed by atoms with Crippen molar-refractivity contribution in [2.24, 2.45) is 11.8 Å². The van der Waals surface area contributed by atoms with Crippen LogP contribution in [0.3, 0.4) is 0 Å². The van der Waals surface area contributed by atoms with Gasteiger partial charge in [0, 0.05) is 6.54 Å². The van der Waals surface area contributed by atoms with Gasteiger partial charge in [0.2, 0.25) is 5.91 Å². The van der Waals surface area contributed by atoms with Gasteiger partial charge in [0.25, 0.3) is 0 Å². The van der Waals surface area contributed by atoms with Crippen LogP contribution >= 0.6 is 0 Å². The zero-order valence-corrected chi connectivity index (χ0v) is 11.0. The molecular formula is C14H26N2O. The van der Waals surface area contributed by atoms with Gasteiger partial charge < -0.3 is 10.6 Å². The lowest BCUT2D eigenvalue weighted by atomic mass is 10.1. The highest BCUT2D eigenvalue weighted by molar-refractivity contribution is 5.81. The predicted molar refractivity (Wildman–Crippen MR) is 69.8 cm³/mol. The molecule has 0 spiro atoms. The van der Waals surface area contributed by atoms with Crippen molar-refractivity contribution in [2.75, 3.05) is 13.1 Å². The lowest BCUT2D eigenvalue weighted by molar-refractivity contribution is -0.123. The van der Waals surface area contributed by atoms with E-state index in [0.717, 1.165) is 31.3 Å². The first-order valence-electron chi connectivity index (χ1n) is 7.27. The maximum absolute atomic E-state index is 12.0. The minimum absolute atomic E-state index is 0.0660. The van der Waals surface area contributed by atoms with Gasteiger partial charge in [-0.15, -0.1) is 0 Å². The fourth-order valence-electron chi connectivity index (χ4n) is 3.13. The second-order valence-corrected chi connectivity index (χ2v) is 5.89. The van der Waals surface area contributed by atoms with E-state index in [0.29, 0.717) is 0 Å². The van der Waals surface area contributed by atoms with Crippen LogP contribution < -0.4 is 10.6 Å². The van der Waals surface area contributed by atoms with Crippen LogP contribution in [0.2, 0.25) is 0 Å². The summed E-state index contributed by atoms with van der Waals surface area (Å²) >= 11 is 0. The third kappa shape index (κ3) is 3.98. The molecule has 0 radical (unpaired) electrons. The molecule has 1 saturated heterocycles. The van der Waals surface area contributed by atoms with Crippen LogP contribution in [0.4, 0.5) is 0 Å². The van der Waals surface area contributed by atoms with Gasteiger partial charge in [0.05, 0.1) is 6.04 Å². The second-order valence-electron chi connectivity index (χ2n) is 5.89. The van der Waals surface area contributed by atoms with E-state index in [2.05, 4.69) is 17.6 Å². The topological polar surface area (TPSA) is 41.1 Å². The van der Waals surface area contributed by atoms with Crippen LogP contribution in [0.1, 0.15) is 51.9 Å². The highest BCUT2D eigenvalue weighted by Crippen LogP contribution is 2.29. The molecule has 3 nitrogen and oxygen atoms in total. The summed E-state index contributed by atoms with van der Waals surface area (Å²) in [6.07, 6.45) is 8.58. The molecule has 0 bridgehead atoms. The fraction of sp³-hybridized carbons (Fsp3) is 0.929. The summed E-state index contributed by atoms with van der Waals surface area (Å²) in [7, 11) is 0. The van der Waals surface area contributed by atoms with Crippen molar-refractivity contribution in [3.63, 3.8) is 0 Å². The van der Waals surface area contributed by atoms with Gasteiger partial charge in [-0.2, -0.15) is 0 Å². The SMILES string of the molecule is CC1CCC(CNC(=O)C2CCCCCN2)C1. The van der Waals surface area contributed by atoms with Crippen molar-refractivity contribution in [1.82, 2.24) is 10.6 Å². The molecule has 0 aromatic heterocycles. The molecular weight excluding hydrogens is 212 g/mol. The normalized spacial score (nSPS) is 34.3. The molecule has 1 aliphatic carbocycles. The largest absolute Gasteiger partial charge is 0.354 e. The number of carbonyl (C=O) groups is 1. The number of nitrogens with one attached hydrogen (secondary N) is 2. The number of hydrogen-bond acceptors (Lipinski definition) is 2. The van der Waals surface area contributed by atoms with Crippen LogP contribution in [-0.4, -0.2) is 25.0 Å². The number of hydrogen-bond donors (Lipinski definition) is 2. The van der Waals surface area contributed by atoms with Gasteiger partial charge in [-0.25, -0.2) is 0 Å². The van der Waals surface area contributed by atoms with Crippen molar-refractivity contribution in [2.45, 2.75) is 57.9 Å². The Morgan fingerprint density at radius 2 is 2.12 bits per heavy atom.